The number of benzene rings is 2. The zero-order chi connectivity index (χ0) is 37.8. The third kappa shape index (κ3) is 6.55. The van der Waals surface area contributed by atoms with Crippen LogP contribution in [0.3, 0.4) is 0 Å². The summed E-state index contributed by atoms with van der Waals surface area (Å²) in [5.41, 5.74) is 4.04. The van der Waals surface area contributed by atoms with Crippen LogP contribution in [-0.2, 0) is 31.4 Å². The third-order valence-corrected chi connectivity index (χ3v) is 19.0. The minimum absolute atomic E-state index is 0. The van der Waals surface area contributed by atoms with Gasteiger partial charge < -0.3 is 0 Å². The zero-order valence-electron chi connectivity index (χ0n) is 33.6. The van der Waals surface area contributed by atoms with Crippen LogP contribution in [-0.4, -0.2) is 63.0 Å². The topological polar surface area (TPSA) is 140 Å². The van der Waals surface area contributed by atoms with E-state index in [-0.39, 0.29) is 72.1 Å². The van der Waals surface area contributed by atoms with Crippen LogP contribution in [0.25, 0.3) is 11.1 Å². The van der Waals surface area contributed by atoms with E-state index in [2.05, 4.69) is 54.7 Å². The van der Waals surface area contributed by atoms with Crippen LogP contribution in [0.4, 0.5) is 0 Å². The number of hydrogen-bond donors (Lipinski definition) is 8. The second kappa shape index (κ2) is 15.7. The first-order valence-corrected chi connectivity index (χ1v) is 24.6. The van der Waals surface area contributed by atoms with Gasteiger partial charge in [0.15, 0.2) is 0 Å². The Morgan fingerprint density at radius 3 is 1.14 bits per heavy atom. The van der Waals surface area contributed by atoms with Gasteiger partial charge in [-0.1, -0.05) is 93.5 Å². The second-order valence-corrected chi connectivity index (χ2v) is 21.6. The molecule has 5 aliphatic carbocycles. The molecular weight excluding hydrogens is 796 g/mol. The molecule has 8 N–H and O–H groups in total. The SMILES string of the molecule is O=S(=O)(OC1c2ccccc2-c2ccccc21)C1CCCC2C3NC4NC(NC5NC(NC6NC(NC(N3)C21)C1CCCCC61)C1CCCCC51)C1CCCCC41.[Cu]. The molecule has 5 heterocycles. The molecule has 11 nitrogen and oxygen atoms in total. The van der Waals surface area contributed by atoms with Crippen LogP contribution < -0.4 is 42.5 Å². The van der Waals surface area contributed by atoms with E-state index < -0.39 is 21.5 Å². The van der Waals surface area contributed by atoms with E-state index >= 15 is 8.42 Å². The summed E-state index contributed by atoms with van der Waals surface area (Å²) in [5.74, 6) is 3.49. The van der Waals surface area contributed by atoms with Crippen LogP contribution in [0.1, 0.15) is 114 Å². The Morgan fingerprint density at radius 1 is 0.414 bits per heavy atom. The first-order valence-electron chi connectivity index (χ1n) is 23.2. The smallest absolute Gasteiger partial charge is 0.271 e. The molecule has 10 aliphatic rings. The Bertz CT molecular complexity index is 1890. The van der Waals surface area contributed by atoms with Gasteiger partial charge in [0.1, 0.15) is 6.10 Å². The minimum atomic E-state index is -3.98. The van der Waals surface area contributed by atoms with E-state index in [1.165, 1.54) is 77.0 Å². The number of hydrogen-bond acceptors (Lipinski definition) is 11. The van der Waals surface area contributed by atoms with Crippen LogP contribution in [0.15, 0.2) is 48.5 Å². The van der Waals surface area contributed by atoms with Gasteiger partial charge in [-0.25, -0.2) is 0 Å². The molecule has 17 atom stereocenters. The van der Waals surface area contributed by atoms with Crippen molar-refractivity contribution in [3.8, 4) is 11.1 Å². The fourth-order valence-electron chi connectivity index (χ4n) is 14.8. The van der Waals surface area contributed by atoms with Crippen molar-refractivity contribution in [2.24, 2.45) is 47.3 Å². The Balaban J connectivity index is 0.00000385. The predicted molar refractivity (Wildman–Crippen MR) is 220 cm³/mol. The molecule has 58 heavy (non-hydrogen) atoms. The van der Waals surface area contributed by atoms with E-state index in [0.717, 1.165) is 35.1 Å². The molecule has 5 saturated heterocycles. The van der Waals surface area contributed by atoms with Crippen molar-refractivity contribution in [1.29, 1.82) is 0 Å². The summed E-state index contributed by atoms with van der Waals surface area (Å²) in [6, 6.07) is 16.3. The van der Waals surface area contributed by atoms with Gasteiger partial charge in [0.05, 0.1) is 54.6 Å². The molecule has 0 spiro atoms. The van der Waals surface area contributed by atoms with Gasteiger partial charge >= 0.3 is 0 Å². The van der Waals surface area contributed by atoms with Crippen molar-refractivity contribution >= 4 is 10.1 Å². The summed E-state index contributed by atoms with van der Waals surface area (Å²) < 4.78 is 36.6. The summed E-state index contributed by atoms with van der Waals surface area (Å²) in [4.78, 5) is 0. The van der Waals surface area contributed by atoms with Crippen molar-refractivity contribution in [1.82, 2.24) is 42.5 Å². The Labute approximate surface area is 355 Å². The molecule has 17 unspecified atom stereocenters. The fourth-order valence-corrected chi connectivity index (χ4v) is 16.6. The normalized spacial score (nSPS) is 45.6. The molecule has 12 rings (SSSR count). The molecule has 0 aromatic heterocycles. The van der Waals surface area contributed by atoms with E-state index in [1.54, 1.807) is 0 Å². The fraction of sp³-hybridized carbons (Fsp3) is 0.733. The summed E-state index contributed by atoms with van der Waals surface area (Å²) in [7, 11) is -3.98. The first kappa shape index (κ1) is 39.4. The van der Waals surface area contributed by atoms with Crippen molar-refractivity contribution in [2.45, 2.75) is 157 Å². The number of fused-ring (bicyclic) bond motifs is 23. The van der Waals surface area contributed by atoms with Gasteiger partial charge in [-0.15, -0.1) is 0 Å². The van der Waals surface area contributed by atoms with Gasteiger partial charge in [-0.3, -0.25) is 46.7 Å². The standard InChI is InChI=1S/C45H64N8O3S.Cu/c54-57(55,56-37-26-14-3-1-12-24(26)25-13-2-4-15-27(25)37)35-23-11-22-34-36(35)45-52-43-33-21-10-9-20-32(33)41(50-43)48-39-29-17-6-5-16-28(29)38(46-39)47-40-30-18-7-8-19-31(30)42(49-40)51-44(34)53-45;/h1-4,12-15,28-53H,5-11,16-23H2;. The van der Waals surface area contributed by atoms with Gasteiger partial charge in [0.2, 0.25) is 0 Å². The van der Waals surface area contributed by atoms with Gasteiger partial charge in [0, 0.05) is 23.0 Å². The Kier molecular flexibility index (Phi) is 10.7. The average molecular weight is 861 g/mol. The van der Waals surface area contributed by atoms with Crippen LogP contribution in [0.2, 0.25) is 0 Å². The van der Waals surface area contributed by atoms with Gasteiger partial charge in [-0.05, 0) is 115 Å². The molecule has 4 saturated carbocycles. The molecule has 9 fully saturated rings. The van der Waals surface area contributed by atoms with E-state index in [1.807, 2.05) is 36.4 Å². The predicted octanol–water partition coefficient (Wildman–Crippen LogP) is 4.70. The minimum Gasteiger partial charge on any atom is -0.286 e. The summed E-state index contributed by atoms with van der Waals surface area (Å²) in [6.07, 6.45) is 18.3. The molecule has 13 heteroatoms. The van der Waals surface area contributed by atoms with Crippen molar-refractivity contribution in [3.63, 3.8) is 0 Å². The van der Waals surface area contributed by atoms with Crippen molar-refractivity contribution in [3.05, 3.63) is 59.7 Å². The quantitative estimate of drug-likeness (QED) is 0.161. The maximum Gasteiger partial charge on any atom is 0.271 e. The maximum atomic E-state index is 15.0. The number of rotatable bonds is 3. The van der Waals surface area contributed by atoms with E-state index in [0.29, 0.717) is 48.1 Å². The molecule has 2 aromatic rings. The maximum absolute atomic E-state index is 15.0. The van der Waals surface area contributed by atoms with E-state index in [9.17, 15) is 0 Å². The Hall–Kier alpha value is -1.45. The van der Waals surface area contributed by atoms with Crippen LogP contribution >= 0.6 is 0 Å². The van der Waals surface area contributed by atoms with Crippen LogP contribution in [0.5, 0.6) is 0 Å². The molecule has 0 amide bonds. The third-order valence-electron chi connectivity index (χ3n) is 17.2. The zero-order valence-corrected chi connectivity index (χ0v) is 35.3. The average Bonchev–Trinajstić information content (AvgIpc) is 4.04. The summed E-state index contributed by atoms with van der Waals surface area (Å²) in [6.45, 7) is 0. The molecule has 319 valence electrons. The molecule has 1 radical (unpaired) electrons. The number of nitrogens with one attached hydrogen (secondary N) is 8. The molecule has 8 bridgehead atoms. The molecule has 5 aliphatic heterocycles. The van der Waals surface area contributed by atoms with Crippen molar-refractivity contribution in [2.75, 3.05) is 0 Å². The van der Waals surface area contributed by atoms with Gasteiger partial charge in [0.25, 0.3) is 10.1 Å². The molecular formula is C45H64CuN8O3S. The largest absolute Gasteiger partial charge is 0.286 e. The van der Waals surface area contributed by atoms with Crippen LogP contribution in [0, 0.1) is 47.3 Å². The first-order chi connectivity index (χ1) is 28.0. The van der Waals surface area contributed by atoms with Crippen molar-refractivity contribution < 1.29 is 29.7 Å². The second-order valence-electron chi connectivity index (χ2n) is 19.8. The summed E-state index contributed by atoms with van der Waals surface area (Å²) in [5, 5.41) is 32.8. The van der Waals surface area contributed by atoms with E-state index in [4.69, 9.17) is 4.18 Å². The molecule has 2 aromatic carbocycles. The summed E-state index contributed by atoms with van der Waals surface area (Å²) >= 11 is 0. The Morgan fingerprint density at radius 2 is 0.741 bits per heavy atom. The monoisotopic (exact) mass is 859 g/mol. The van der Waals surface area contributed by atoms with Gasteiger partial charge in [-0.2, -0.15) is 8.42 Å².